The summed E-state index contributed by atoms with van der Waals surface area (Å²) in [7, 11) is -3.58. The van der Waals surface area contributed by atoms with Crippen LogP contribution in [0.5, 0.6) is 5.75 Å². The number of carbonyl (C=O) groups is 1. The summed E-state index contributed by atoms with van der Waals surface area (Å²) in [6.07, 6.45) is 0.544. The molecule has 1 amide bonds. The van der Waals surface area contributed by atoms with Crippen LogP contribution in [-0.4, -0.2) is 39.4 Å². The second-order valence-electron chi connectivity index (χ2n) is 7.27. The number of nitrogens with zero attached hydrogens (tertiary/aromatic N) is 3. The molecular weight excluding hydrogens is 448 g/mol. The number of rotatable bonds is 9. The number of hydrogen-bond acceptors (Lipinski definition) is 7. The van der Waals surface area contributed by atoms with E-state index in [0.717, 1.165) is 5.56 Å². The van der Waals surface area contributed by atoms with Gasteiger partial charge >= 0.3 is 0 Å². The van der Waals surface area contributed by atoms with Gasteiger partial charge in [0, 0.05) is 12.2 Å². The number of aromatic nitrogens is 3. The van der Waals surface area contributed by atoms with E-state index < -0.39 is 15.1 Å². The first-order chi connectivity index (χ1) is 15.2. The Balaban J connectivity index is 1.76. The van der Waals surface area contributed by atoms with Gasteiger partial charge in [0.15, 0.2) is 15.0 Å². The zero-order valence-corrected chi connectivity index (χ0v) is 19.8. The molecule has 3 rings (SSSR count). The van der Waals surface area contributed by atoms with E-state index in [4.69, 9.17) is 0 Å². The molecule has 3 aromatic rings. The SMILES string of the molecule is CCC(Sc1nnc(CS(=O)(=O)c2ccc(C)cc2)n1CC)C(=O)Nc1ccc(O)cc1. The minimum absolute atomic E-state index is 0.119. The average molecular weight is 475 g/mol. The van der Waals surface area contributed by atoms with Crippen molar-refractivity contribution in [2.24, 2.45) is 0 Å². The Morgan fingerprint density at radius 2 is 1.75 bits per heavy atom. The third kappa shape index (κ3) is 5.68. The summed E-state index contributed by atoms with van der Waals surface area (Å²) in [6.45, 7) is 6.15. The third-order valence-corrected chi connectivity index (χ3v) is 7.83. The number of phenolic OH excluding ortho intramolecular Hbond substituents is 1. The second-order valence-corrected chi connectivity index (χ2v) is 10.4. The van der Waals surface area contributed by atoms with Crippen LogP contribution in [0.15, 0.2) is 58.6 Å². The molecule has 1 unspecified atom stereocenters. The molecule has 10 heteroatoms. The predicted octanol–water partition coefficient (Wildman–Crippen LogP) is 3.80. The fourth-order valence-corrected chi connectivity index (χ4v) is 5.35. The zero-order chi connectivity index (χ0) is 23.3. The third-order valence-electron chi connectivity index (χ3n) is 4.85. The standard InChI is InChI=1S/C22H26N4O4S2/c1-4-19(21(28)23-16-8-10-17(27)11-9-16)31-22-25-24-20(26(22)5-2)14-32(29,30)18-12-6-15(3)7-13-18/h6-13,19,27H,4-5,14H2,1-3H3,(H,23,28). The maximum Gasteiger partial charge on any atom is 0.237 e. The van der Waals surface area contributed by atoms with E-state index in [1.165, 1.54) is 23.9 Å². The molecule has 0 spiro atoms. The van der Waals surface area contributed by atoms with Crippen molar-refractivity contribution in [1.29, 1.82) is 0 Å². The molecule has 0 aliphatic carbocycles. The molecule has 1 heterocycles. The van der Waals surface area contributed by atoms with Crippen LogP contribution in [-0.2, 0) is 26.9 Å². The van der Waals surface area contributed by atoms with Crippen molar-refractivity contribution in [3.8, 4) is 5.75 Å². The minimum atomic E-state index is -3.58. The van der Waals surface area contributed by atoms with E-state index in [-0.39, 0.29) is 22.3 Å². The highest BCUT2D eigenvalue weighted by atomic mass is 32.2. The van der Waals surface area contributed by atoms with Gasteiger partial charge in [0.1, 0.15) is 17.3 Å². The molecule has 0 fully saturated rings. The van der Waals surface area contributed by atoms with Gasteiger partial charge in [0.25, 0.3) is 0 Å². The van der Waals surface area contributed by atoms with E-state index in [1.807, 2.05) is 20.8 Å². The molecular formula is C22H26N4O4S2. The van der Waals surface area contributed by atoms with Crippen molar-refractivity contribution >= 4 is 33.2 Å². The first kappa shape index (κ1) is 23.8. The average Bonchev–Trinajstić information content (AvgIpc) is 3.14. The van der Waals surface area contributed by atoms with Crippen LogP contribution in [0.2, 0.25) is 0 Å². The van der Waals surface area contributed by atoms with E-state index >= 15 is 0 Å². The van der Waals surface area contributed by atoms with Crippen LogP contribution >= 0.6 is 11.8 Å². The van der Waals surface area contributed by atoms with Gasteiger partial charge in [-0.2, -0.15) is 0 Å². The van der Waals surface area contributed by atoms with Gasteiger partial charge in [-0.25, -0.2) is 8.42 Å². The van der Waals surface area contributed by atoms with E-state index in [9.17, 15) is 18.3 Å². The summed E-state index contributed by atoms with van der Waals surface area (Å²) in [5.41, 5.74) is 1.56. The van der Waals surface area contributed by atoms with Crippen LogP contribution in [0, 0.1) is 6.92 Å². The summed E-state index contributed by atoms with van der Waals surface area (Å²) in [5.74, 6) is -0.0193. The van der Waals surface area contributed by atoms with E-state index in [1.54, 1.807) is 41.0 Å². The number of thioether (sulfide) groups is 1. The monoisotopic (exact) mass is 474 g/mol. The lowest BCUT2D eigenvalue weighted by Gasteiger charge is -2.15. The van der Waals surface area contributed by atoms with Crippen LogP contribution in [0.4, 0.5) is 5.69 Å². The van der Waals surface area contributed by atoms with Gasteiger partial charge < -0.3 is 15.0 Å². The lowest BCUT2D eigenvalue weighted by Crippen LogP contribution is -2.25. The number of aromatic hydroxyl groups is 1. The molecule has 0 bridgehead atoms. The van der Waals surface area contributed by atoms with Crippen LogP contribution in [0.25, 0.3) is 0 Å². The van der Waals surface area contributed by atoms with Crippen molar-refractivity contribution in [1.82, 2.24) is 14.8 Å². The molecule has 1 aromatic heterocycles. The number of nitrogens with one attached hydrogen (secondary N) is 1. The summed E-state index contributed by atoms with van der Waals surface area (Å²) >= 11 is 1.25. The van der Waals surface area contributed by atoms with Crippen molar-refractivity contribution in [3.63, 3.8) is 0 Å². The summed E-state index contributed by atoms with van der Waals surface area (Å²) in [4.78, 5) is 13.0. The Morgan fingerprint density at radius 1 is 1.09 bits per heavy atom. The predicted molar refractivity (Wildman–Crippen MR) is 124 cm³/mol. The molecule has 0 aliphatic heterocycles. The minimum Gasteiger partial charge on any atom is -0.508 e. The quantitative estimate of drug-likeness (QED) is 0.358. The zero-order valence-electron chi connectivity index (χ0n) is 18.1. The number of amides is 1. The lowest BCUT2D eigenvalue weighted by atomic mass is 10.2. The summed E-state index contributed by atoms with van der Waals surface area (Å²) < 4.78 is 27.4. The number of benzene rings is 2. The van der Waals surface area contributed by atoms with Crippen LogP contribution < -0.4 is 5.32 Å². The van der Waals surface area contributed by atoms with E-state index in [2.05, 4.69) is 15.5 Å². The highest BCUT2D eigenvalue weighted by Gasteiger charge is 2.25. The maximum atomic E-state index is 12.8. The molecule has 0 aliphatic rings. The molecule has 0 saturated heterocycles. The number of carbonyl (C=O) groups excluding carboxylic acids is 1. The van der Waals surface area contributed by atoms with Crippen molar-refractivity contribution in [3.05, 3.63) is 59.9 Å². The van der Waals surface area contributed by atoms with Crippen LogP contribution in [0.1, 0.15) is 31.7 Å². The Kier molecular flexibility index (Phi) is 7.57. The smallest absolute Gasteiger partial charge is 0.237 e. The first-order valence-corrected chi connectivity index (χ1v) is 12.7. The summed E-state index contributed by atoms with van der Waals surface area (Å²) in [6, 6.07) is 12.9. The van der Waals surface area contributed by atoms with Gasteiger partial charge in [-0.15, -0.1) is 10.2 Å². The number of anilines is 1. The second kappa shape index (κ2) is 10.2. The maximum absolute atomic E-state index is 12.8. The molecule has 2 N–H and O–H groups in total. The molecule has 170 valence electrons. The van der Waals surface area contributed by atoms with E-state index in [0.29, 0.717) is 29.6 Å². The van der Waals surface area contributed by atoms with Crippen molar-refractivity contribution in [2.75, 3.05) is 5.32 Å². The Labute approximate surface area is 192 Å². The van der Waals surface area contributed by atoms with Gasteiger partial charge in [-0.3, -0.25) is 4.79 Å². The fraction of sp³-hybridized carbons (Fsp3) is 0.318. The molecule has 8 nitrogen and oxygen atoms in total. The lowest BCUT2D eigenvalue weighted by molar-refractivity contribution is -0.115. The molecule has 32 heavy (non-hydrogen) atoms. The van der Waals surface area contributed by atoms with Gasteiger partial charge in [0.2, 0.25) is 5.91 Å². The molecule has 1 atom stereocenters. The summed E-state index contributed by atoms with van der Waals surface area (Å²) in [5, 5.41) is 20.5. The fourth-order valence-electron chi connectivity index (χ4n) is 3.05. The van der Waals surface area contributed by atoms with Gasteiger partial charge in [0.05, 0.1) is 10.1 Å². The Morgan fingerprint density at radius 3 is 2.34 bits per heavy atom. The number of sulfone groups is 1. The van der Waals surface area contributed by atoms with Crippen molar-refractivity contribution in [2.45, 2.75) is 54.8 Å². The topological polar surface area (TPSA) is 114 Å². The van der Waals surface area contributed by atoms with Gasteiger partial charge in [-0.1, -0.05) is 36.4 Å². The molecule has 0 saturated carbocycles. The van der Waals surface area contributed by atoms with Crippen molar-refractivity contribution < 1.29 is 18.3 Å². The van der Waals surface area contributed by atoms with Gasteiger partial charge in [-0.05, 0) is 56.7 Å². The van der Waals surface area contributed by atoms with Crippen LogP contribution in [0.3, 0.4) is 0 Å². The number of aryl methyl sites for hydroxylation is 1. The Bertz CT molecular complexity index is 1170. The number of hydrogen-bond donors (Lipinski definition) is 2. The molecule has 0 radical (unpaired) electrons. The highest BCUT2D eigenvalue weighted by molar-refractivity contribution is 8.00. The molecule has 2 aromatic carbocycles. The highest BCUT2D eigenvalue weighted by Crippen LogP contribution is 2.27. The normalized spacial score (nSPS) is 12.5. The Hall–Kier alpha value is -2.85. The largest absolute Gasteiger partial charge is 0.508 e. The first-order valence-electron chi connectivity index (χ1n) is 10.2. The number of phenols is 1.